The smallest absolute Gasteiger partial charge is 0.266 e. The predicted octanol–water partition coefficient (Wildman–Crippen LogP) is 5.38. The van der Waals surface area contributed by atoms with E-state index < -0.39 is 0 Å². The average molecular weight is 446 g/mol. The van der Waals surface area contributed by atoms with E-state index in [1.54, 1.807) is 4.57 Å². The summed E-state index contributed by atoms with van der Waals surface area (Å²) in [4.78, 5) is 20.0. The van der Waals surface area contributed by atoms with Gasteiger partial charge in [-0.15, -0.1) is 0 Å². The van der Waals surface area contributed by atoms with Gasteiger partial charge in [0.2, 0.25) is 0 Å². The molecular weight excluding hydrogens is 426 g/mol. The Morgan fingerprint density at radius 3 is 2.28 bits per heavy atom. The van der Waals surface area contributed by atoms with Gasteiger partial charge in [-0.1, -0.05) is 46.3 Å². The van der Waals surface area contributed by atoms with E-state index in [-0.39, 0.29) is 5.56 Å². The summed E-state index contributed by atoms with van der Waals surface area (Å²) in [5.41, 5.74) is 3.56. The van der Waals surface area contributed by atoms with Crippen LogP contribution in [-0.4, -0.2) is 23.6 Å². The molecule has 0 saturated heterocycles. The number of fused-ring (bicyclic) bond motifs is 1. The van der Waals surface area contributed by atoms with E-state index in [4.69, 9.17) is 4.98 Å². The second-order valence-electron chi connectivity index (χ2n) is 6.92. The zero-order chi connectivity index (χ0) is 20.4. The van der Waals surface area contributed by atoms with Crippen molar-refractivity contribution in [3.63, 3.8) is 0 Å². The number of nitrogens with zero attached hydrogens (tertiary/aromatic N) is 3. The fraction of sp³-hybridized carbons (Fsp3) is 0.0833. The first-order valence-electron chi connectivity index (χ1n) is 9.26. The maximum absolute atomic E-state index is 13.2. The first kappa shape index (κ1) is 19.2. The Hall–Kier alpha value is -3.18. The van der Waals surface area contributed by atoms with Gasteiger partial charge in [0.25, 0.3) is 5.56 Å². The van der Waals surface area contributed by atoms with E-state index in [1.165, 1.54) is 0 Å². The molecule has 4 rings (SSSR count). The van der Waals surface area contributed by atoms with E-state index in [0.717, 1.165) is 21.4 Å². The van der Waals surface area contributed by atoms with Crippen LogP contribution in [0.2, 0.25) is 0 Å². The van der Waals surface area contributed by atoms with Crippen LogP contribution in [0, 0.1) is 0 Å². The van der Waals surface area contributed by atoms with E-state index >= 15 is 0 Å². The van der Waals surface area contributed by atoms with Crippen molar-refractivity contribution in [3.05, 3.63) is 99.0 Å². The molecule has 0 amide bonds. The Morgan fingerprint density at radius 1 is 0.897 bits per heavy atom. The summed E-state index contributed by atoms with van der Waals surface area (Å²) >= 11 is 3.45. The van der Waals surface area contributed by atoms with Gasteiger partial charge in [-0.2, -0.15) is 0 Å². The first-order chi connectivity index (χ1) is 14.0. The SMILES string of the molecule is CN(C)c1ccc(/C=C/c2nc3ccccc3c(=O)n2-c2ccc(Br)cc2)cc1. The second-order valence-corrected chi connectivity index (χ2v) is 7.84. The first-order valence-corrected chi connectivity index (χ1v) is 10.1. The summed E-state index contributed by atoms with van der Waals surface area (Å²) in [5, 5.41) is 0.600. The van der Waals surface area contributed by atoms with Gasteiger partial charge >= 0.3 is 0 Å². The minimum Gasteiger partial charge on any atom is -0.378 e. The highest BCUT2D eigenvalue weighted by molar-refractivity contribution is 9.10. The molecule has 0 fully saturated rings. The van der Waals surface area contributed by atoms with Crippen LogP contribution in [0.15, 0.2) is 82.1 Å². The molecule has 0 aliphatic heterocycles. The highest BCUT2D eigenvalue weighted by atomic mass is 79.9. The lowest BCUT2D eigenvalue weighted by Gasteiger charge is -2.12. The van der Waals surface area contributed by atoms with Gasteiger partial charge in [-0.3, -0.25) is 9.36 Å². The largest absolute Gasteiger partial charge is 0.378 e. The molecular formula is C24H20BrN3O. The quantitative estimate of drug-likeness (QED) is 0.422. The summed E-state index contributed by atoms with van der Waals surface area (Å²) in [6, 6.07) is 23.3. The van der Waals surface area contributed by atoms with E-state index in [9.17, 15) is 4.79 Å². The Labute approximate surface area is 177 Å². The standard InChI is InChI=1S/C24H20BrN3O/c1-27(2)19-12-7-17(8-13-19)9-16-23-26-22-6-4-3-5-21(22)24(29)28(23)20-14-10-18(25)11-15-20/h3-16H,1-2H3/b16-9+. The van der Waals surface area contributed by atoms with Crippen LogP contribution < -0.4 is 10.5 Å². The monoisotopic (exact) mass is 445 g/mol. The molecule has 0 N–H and O–H groups in total. The van der Waals surface area contributed by atoms with Crippen molar-refractivity contribution in [1.29, 1.82) is 0 Å². The number of aromatic nitrogens is 2. The van der Waals surface area contributed by atoms with Crippen LogP contribution in [0.3, 0.4) is 0 Å². The van der Waals surface area contributed by atoms with Gasteiger partial charge in [0.15, 0.2) is 0 Å². The number of anilines is 1. The molecule has 0 spiro atoms. The van der Waals surface area contributed by atoms with Crippen molar-refractivity contribution in [1.82, 2.24) is 9.55 Å². The van der Waals surface area contributed by atoms with Crippen molar-refractivity contribution in [2.24, 2.45) is 0 Å². The Balaban J connectivity index is 1.85. The molecule has 1 aromatic heterocycles. The van der Waals surface area contributed by atoms with Gasteiger partial charge in [-0.05, 0) is 60.2 Å². The predicted molar refractivity (Wildman–Crippen MR) is 125 cm³/mol. The van der Waals surface area contributed by atoms with Crippen molar-refractivity contribution >= 4 is 44.7 Å². The Bertz CT molecular complexity index is 1240. The Kier molecular flexibility index (Phi) is 5.32. The van der Waals surface area contributed by atoms with Crippen LogP contribution in [0.1, 0.15) is 11.4 Å². The maximum atomic E-state index is 13.2. The van der Waals surface area contributed by atoms with Crippen molar-refractivity contribution in [2.75, 3.05) is 19.0 Å². The van der Waals surface area contributed by atoms with E-state index in [2.05, 4.69) is 45.1 Å². The molecule has 3 aromatic carbocycles. The van der Waals surface area contributed by atoms with Crippen molar-refractivity contribution < 1.29 is 0 Å². The number of para-hydroxylation sites is 1. The van der Waals surface area contributed by atoms with Crippen LogP contribution >= 0.6 is 15.9 Å². The zero-order valence-corrected chi connectivity index (χ0v) is 17.8. The normalized spacial score (nSPS) is 11.3. The van der Waals surface area contributed by atoms with E-state index in [1.807, 2.05) is 74.8 Å². The fourth-order valence-corrected chi connectivity index (χ4v) is 3.42. The van der Waals surface area contributed by atoms with Crippen LogP contribution in [0.25, 0.3) is 28.7 Å². The van der Waals surface area contributed by atoms with Crippen LogP contribution in [0.4, 0.5) is 5.69 Å². The van der Waals surface area contributed by atoms with Gasteiger partial charge < -0.3 is 4.90 Å². The third-order valence-electron chi connectivity index (χ3n) is 4.72. The molecule has 4 nitrogen and oxygen atoms in total. The molecule has 0 unspecified atom stereocenters. The van der Waals surface area contributed by atoms with Crippen LogP contribution in [0.5, 0.6) is 0 Å². The number of hydrogen-bond donors (Lipinski definition) is 0. The summed E-state index contributed by atoms with van der Waals surface area (Å²) in [6.07, 6.45) is 3.87. The highest BCUT2D eigenvalue weighted by Crippen LogP contribution is 2.19. The van der Waals surface area contributed by atoms with Crippen LogP contribution in [-0.2, 0) is 0 Å². The summed E-state index contributed by atoms with van der Waals surface area (Å²) < 4.78 is 2.61. The minimum absolute atomic E-state index is 0.0828. The molecule has 29 heavy (non-hydrogen) atoms. The van der Waals surface area contributed by atoms with Gasteiger partial charge in [0.1, 0.15) is 5.82 Å². The van der Waals surface area contributed by atoms with Gasteiger partial charge in [0.05, 0.1) is 16.6 Å². The lowest BCUT2D eigenvalue weighted by atomic mass is 10.1. The second kappa shape index (κ2) is 8.05. The molecule has 4 aromatic rings. The molecule has 0 aliphatic carbocycles. The lowest BCUT2D eigenvalue weighted by molar-refractivity contribution is 0.943. The number of rotatable bonds is 4. The molecule has 144 valence electrons. The average Bonchev–Trinajstić information content (AvgIpc) is 2.73. The number of hydrogen-bond acceptors (Lipinski definition) is 3. The topological polar surface area (TPSA) is 38.1 Å². The molecule has 0 saturated carbocycles. The summed E-state index contributed by atoms with van der Waals surface area (Å²) in [5.74, 6) is 0.590. The zero-order valence-electron chi connectivity index (χ0n) is 16.2. The van der Waals surface area contributed by atoms with Crippen molar-refractivity contribution in [3.8, 4) is 5.69 Å². The molecule has 0 atom stereocenters. The van der Waals surface area contributed by atoms with Gasteiger partial charge in [-0.25, -0.2) is 4.98 Å². The lowest BCUT2D eigenvalue weighted by Crippen LogP contribution is -2.22. The molecule has 0 aliphatic rings. The third kappa shape index (κ3) is 4.00. The Morgan fingerprint density at radius 2 is 1.59 bits per heavy atom. The fourth-order valence-electron chi connectivity index (χ4n) is 3.16. The van der Waals surface area contributed by atoms with Crippen molar-refractivity contribution in [2.45, 2.75) is 0 Å². The summed E-state index contributed by atoms with van der Waals surface area (Å²) in [6.45, 7) is 0. The highest BCUT2D eigenvalue weighted by Gasteiger charge is 2.11. The van der Waals surface area contributed by atoms with Gasteiger partial charge in [0, 0.05) is 24.3 Å². The molecule has 1 heterocycles. The number of benzene rings is 3. The summed E-state index contributed by atoms with van der Waals surface area (Å²) in [7, 11) is 4.03. The molecule has 0 bridgehead atoms. The molecule has 0 radical (unpaired) electrons. The maximum Gasteiger partial charge on any atom is 0.266 e. The minimum atomic E-state index is -0.0828. The number of halogens is 1. The molecule has 5 heteroatoms. The van der Waals surface area contributed by atoms with E-state index in [0.29, 0.717) is 16.7 Å². The third-order valence-corrected chi connectivity index (χ3v) is 5.25.